The summed E-state index contributed by atoms with van der Waals surface area (Å²) in [5.74, 6) is 3.76. The summed E-state index contributed by atoms with van der Waals surface area (Å²) in [7, 11) is 0. The molecular formula is C34H68O2. The standard InChI is InChI=1S/C20H38O.C10H18O.2C2H6/c1-5-6-14-21-19-12-10-17(11-13-19)20(3,4)18-9-7-8-16(2)15-18;1-3-8-11-10-6-4-9(2)5-7-10;2*1-2/h16-19H,5-15H2,1-4H3;3,9-10H,1,4-8H2,2H3;2*1-2H3. The van der Waals surface area contributed by atoms with Gasteiger partial charge in [-0.1, -0.05) is 87.7 Å². The maximum absolute atomic E-state index is 6.05. The zero-order valence-corrected chi connectivity index (χ0v) is 26.4. The minimum absolute atomic E-state index is 0.518. The van der Waals surface area contributed by atoms with Crippen molar-refractivity contribution in [3.05, 3.63) is 12.7 Å². The van der Waals surface area contributed by atoms with Crippen LogP contribution in [-0.4, -0.2) is 25.4 Å². The lowest BCUT2D eigenvalue weighted by atomic mass is 9.59. The van der Waals surface area contributed by atoms with Gasteiger partial charge in [-0.25, -0.2) is 0 Å². The van der Waals surface area contributed by atoms with Crippen LogP contribution in [0.15, 0.2) is 12.7 Å². The summed E-state index contributed by atoms with van der Waals surface area (Å²) in [4.78, 5) is 0. The van der Waals surface area contributed by atoms with Crippen LogP contribution in [0, 0.1) is 29.1 Å². The maximum Gasteiger partial charge on any atom is 0.0648 e. The summed E-state index contributed by atoms with van der Waals surface area (Å²) < 4.78 is 11.6. The summed E-state index contributed by atoms with van der Waals surface area (Å²) in [5.41, 5.74) is 0.545. The van der Waals surface area contributed by atoms with Gasteiger partial charge in [0.2, 0.25) is 0 Å². The number of rotatable bonds is 9. The number of unbranched alkanes of at least 4 members (excludes halogenated alkanes) is 1. The molecule has 36 heavy (non-hydrogen) atoms. The Balaban J connectivity index is 0.000000688. The van der Waals surface area contributed by atoms with Crippen LogP contribution in [-0.2, 0) is 9.47 Å². The van der Waals surface area contributed by atoms with Crippen LogP contribution in [0.4, 0.5) is 0 Å². The Morgan fingerprint density at radius 2 is 1.28 bits per heavy atom. The Labute approximate surface area is 228 Å². The normalized spacial score (nSPS) is 30.4. The molecule has 0 saturated heterocycles. The van der Waals surface area contributed by atoms with E-state index < -0.39 is 0 Å². The molecule has 0 N–H and O–H groups in total. The quantitative estimate of drug-likeness (QED) is 0.228. The third-order valence-electron chi connectivity index (χ3n) is 8.98. The number of ether oxygens (including phenoxy) is 2. The molecule has 2 heteroatoms. The van der Waals surface area contributed by atoms with E-state index in [0.717, 1.165) is 36.9 Å². The fraction of sp³-hybridized carbons (Fsp3) is 0.941. The van der Waals surface area contributed by atoms with Crippen molar-refractivity contribution in [1.29, 1.82) is 0 Å². The average Bonchev–Trinajstić information content (AvgIpc) is 2.91. The zero-order chi connectivity index (χ0) is 27.4. The Morgan fingerprint density at radius 1 is 0.722 bits per heavy atom. The van der Waals surface area contributed by atoms with E-state index in [-0.39, 0.29) is 0 Å². The summed E-state index contributed by atoms with van der Waals surface area (Å²) in [6.45, 7) is 25.5. The van der Waals surface area contributed by atoms with Crippen LogP contribution in [0.1, 0.15) is 152 Å². The van der Waals surface area contributed by atoms with Crippen molar-refractivity contribution < 1.29 is 9.47 Å². The van der Waals surface area contributed by atoms with Crippen molar-refractivity contribution in [2.24, 2.45) is 29.1 Å². The van der Waals surface area contributed by atoms with Crippen LogP contribution < -0.4 is 0 Å². The average molecular weight is 509 g/mol. The Bertz CT molecular complexity index is 483. The van der Waals surface area contributed by atoms with Crippen LogP contribution in [0.3, 0.4) is 0 Å². The van der Waals surface area contributed by atoms with Gasteiger partial charge in [0.15, 0.2) is 0 Å². The molecule has 0 spiro atoms. The first-order valence-corrected chi connectivity index (χ1v) is 16.2. The van der Waals surface area contributed by atoms with Crippen molar-refractivity contribution >= 4 is 0 Å². The molecule has 0 aromatic rings. The van der Waals surface area contributed by atoms with Gasteiger partial charge in [-0.2, -0.15) is 0 Å². The predicted octanol–water partition coefficient (Wildman–Crippen LogP) is 11.0. The highest BCUT2D eigenvalue weighted by atomic mass is 16.5. The minimum atomic E-state index is 0.518. The molecule has 3 aliphatic carbocycles. The van der Waals surface area contributed by atoms with E-state index in [1.54, 1.807) is 0 Å². The van der Waals surface area contributed by atoms with Crippen molar-refractivity contribution in [2.45, 2.75) is 164 Å². The molecule has 0 amide bonds. The summed E-state index contributed by atoms with van der Waals surface area (Å²) in [6.07, 6.45) is 21.8. The number of hydrogen-bond acceptors (Lipinski definition) is 2. The third kappa shape index (κ3) is 14.0. The molecule has 0 aromatic heterocycles. The first kappa shape index (κ1) is 35.7. The van der Waals surface area contributed by atoms with E-state index >= 15 is 0 Å². The van der Waals surface area contributed by atoms with Gasteiger partial charge in [0.05, 0.1) is 18.8 Å². The smallest absolute Gasteiger partial charge is 0.0648 e. The predicted molar refractivity (Wildman–Crippen MR) is 162 cm³/mol. The molecule has 0 aromatic carbocycles. The highest BCUT2D eigenvalue weighted by molar-refractivity contribution is 4.90. The van der Waals surface area contributed by atoms with Crippen LogP contribution in [0.2, 0.25) is 0 Å². The van der Waals surface area contributed by atoms with Gasteiger partial charge in [-0.15, -0.1) is 6.58 Å². The van der Waals surface area contributed by atoms with Crippen LogP contribution in [0.25, 0.3) is 0 Å². The van der Waals surface area contributed by atoms with Gasteiger partial charge in [0.1, 0.15) is 0 Å². The molecular weight excluding hydrogens is 440 g/mol. The molecule has 2 atom stereocenters. The van der Waals surface area contributed by atoms with E-state index in [1.807, 2.05) is 33.8 Å². The van der Waals surface area contributed by atoms with Crippen LogP contribution >= 0.6 is 0 Å². The fourth-order valence-electron chi connectivity index (χ4n) is 6.41. The lowest BCUT2D eigenvalue weighted by molar-refractivity contribution is -0.0195. The van der Waals surface area contributed by atoms with E-state index in [0.29, 0.717) is 17.6 Å². The first-order valence-electron chi connectivity index (χ1n) is 16.2. The Kier molecular flexibility index (Phi) is 21.4. The molecule has 216 valence electrons. The van der Waals surface area contributed by atoms with Gasteiger partial charge >= 0.3 is 0 Å². The molecule has 0 radical (unpaired) electrons. The molecule has 3 aliphatic rings. The monoisotopic (exact) mass is 509 g/mol. The van der Waals surface area contributed by atoms with E-state index in [1.165, 1.54) is 89.9 Å². The second-order valence-electron chi connectivity index (χ2n) is 12.0. The van der Waals surface area contributed by atoms with Crippen molar-refractivity contribution in [3.8, 4) is 0 Å². The zero-order valence-electron chi connectivity index (χ0n) is 26.4. The molecule has 0 bridgehead atoms. The molecule has 2 nitrogen and oxygen atoms in total. The van der Waals surface area contributed by atoms with Crippen LogP contribution in [0.5, 0.6) is 0 Å². The second kappa shape index (κ2) is 21.6. The minimum Gasteiger partial charge on any atom is -0.378 e. The highest BCUT2D eigenvalue weighted by Gasteiger charge is 2.40. The lowest BCUT2D eigenvalue weighted by Crippen LogP contribution is -2.38. The third-order valence-corrected chi connectivity index (χ3v) is 8.98. The number of hydrogen-bond donors (Lipinski definition) is 0. The summed E-state index contributed by atoms with van der Waals surface area (Å²) >= 11 is 0. The molecule has 0 aliphatic heterocycles. The van der Waals surface area contributed by atoms with Gasteiger partial charge < -0.3 is 9.47 Å². The molecule has 3 saturated carbocycles. The maximum atomic E-state index is 6.05. The molecule has 2 unspecified atom stereocenters. The summed E-state index contributed by atoms with van der Waals surface area (Å²) in [5, 5.41) is 0. The summed E-state index contributed by atoms with van der Waals surface area (Å²) in [6, 6.07) is 0. The van der Waals surface area contributed by atoms with Crippen molar-refractivity contribution in [1.82, 2.24) is 0 Å². The Morgan fingerprint density at radius 3 is 1.81 bits per heavy atom. The highest BCUT2D eigenvalue weighted by Crippen LogP contribution is 2.49. The SMILES string of the molecule is C=CCOC1CCC(C)CC1.CC.CC.CCCCOC1CCC(C(C)(C)C2CCCC(C)C2)CC1. The van der Waals surface area contributed by atoms with Gasteiger partial charge in [-0.05, 0) is 99.7 Å². The first-order chi connectivity index (χ1) is 17.4. The Hall–Kier alpha value is -0.340. The molecule has 0 heterocycles. The largest absolute Gasteiger partial charge is 0.378 e. The molecule has 3 rings (SSSR count). The van der Waals surface area contributed by atoms with Gasteiger partial charge in [-0.3, -0.25) is 0 Å². The van der Waals surface area contributed by atoms with E-state index in [4.69, 9.17) is 9.47 Å². The van der Waals surface area contributed by atoms with E-state index in [2.05, 4.69) is 41.2 Å². The van der Waals surface area contributed by atoms with Crippen molar-refractivity contribution in [3.63, 3.8) is 0 Å². The van der Waals surface area contributed by atoms with E-state index in [9.17, 15) is 0 Å². The fourth-order valence-corrected chi connectivity index (χ4v) is 6.41. The lowest BCUT2D eigenvalue weighted by Gasteiger charge is -2.46. The molecule has 3 fully saturated rings. The topological polar surface area (TPSA) is 18.5 Å². The second-order valence-corrected chi connectivity index (χ2v) is 12.0. The van der Waals surface area contributed by atoms with Gasteiger partial charge in [0, 0.05) is 6.61 Å². The van der Waals surface area contributed by atoms with Gasteiger partial charge in [0.25, 0.3) is 0 Å². The van der Waals surface area contributed by atoms with Crippen molar-refractivity contribution in [2.75, 3.05) is 13.2 Å².